The third kappa shape index (κ3) is 3.53. The molecule has 0 radical (unpaired) electrons. The summed E-state index contributed by atoms with van der Waals surface area (Å²) in [5, 5.41) is 6.76. The summed E-state index contributed by atoms with van der Waals surface area (Å²) < 4.78 is 1.68. The average molecular weight is 212 g/mol. The van der Waals surface area contributed by atoms with Gasteiger partial charge in [-0.2, -0.15) is 5.10 Å². The Morgan fingerprint density at radius 2 is 2.50 bits per heavy atom. The summed E-state index contributed by atoms with van der Waals surface area (Å²) in [6, 6.07) is 1.83. The highest BCUT2D eigenvalue weighted by atomic mass is 32.1. The fourth-order valence-electron chi connectivity index (χ4n) is 0.967. The van der Waals surface area contributed by atoms with E-state index in [-0.39, 0.29) is 17.3 Å². The topological polar surface area (TPSA) is 72.9 Å². The fraction of sp³-hybridized carbons (Fsp3) is 0.375. The highest BCUT2D eigenvalue weighted by Crippen LogP contribution is 1.93. The van der Waals surface area contributed by atoms with Crippen molar-refractivity contribution in [3.63, 3.8) is 0 Å². The van der Waals surface area contributed by atoms with E-state index in [9.17, 15) is 4.79 Å². The molecule has 0 atom stereocenters. The van der Waals surface area contributed by atoms with Crippen LogP contribution in [0, 0.1) is 0 Å². The molecule has 0 saturated carbocycles. The number of thiocarbonyl (C=S) groups is 1. The molecule has 1 amide bonds. The Bertz CT molecular complexity index is 347. The van der Waals surface area contributed by atoms with Gasteiger partial charge in [-0.1, -0.05) is 12.2 Å². The molecule has 0 spiro atoms. The van der Waals surface area contributed by atoms with Crippen molar-refractivity contribution in [2.45, 2.75) is 13.0 Å². The number of hydrogen-bond donors (Lipinski definition) is 2. The number of amides is 1. The van der Waals surface area contributed by atoms with Crippen LogP contribution in [0.3, 0.4) is 0 Å². The van der Waals surface area contributed by atoms with Gasteiger partial charge >= 0.3 is 0 Å². The molecule has 1 aromatic heterocycles. The molecule has 76 valence electrons. The maximum atomic E-state index is 11.1. The van der Waals surface area contributed by atoms with Gasteiger partial charge in [-0.15, -0.1) is 0 Å². The molecule has 6 heteroatoms. The lowest BCUT2D eigenvalue weighted by Crippen LogP contribution is -2.27. The van der Waals surface area contributed by atoms with Crippen LogP contribution in [0.1, 0.15) is 12.1 Å². The molecule has 0 unspecified atom stereocenters. The zero-order valence-corrected chi connectivity index (χ0v) is 8.67. The van der Waals surface area contributed by atoms with Crippen LogP contribution in [0.4, 0.5) is 0 Å². The van der Waals surface area contributed by atoms with E-state index in [1.54, 1.807) is 4.68 Å². The summed E-state index contributed by atoms with van der Waals surface area (Å²) in [5.41, 5.74) is 6.03. The lowest BCUT2D eigenvalue weighted by molar-refractivity contribution is -0.120. The van der Waals surface area contributed by atoms with Gasteiger partial charge in [-0.25, -0.2) is 0 Å². The first-order valence-corrected chi connectivity index (χ1v) is 4.52. The SMILES string of the molecule is Cn1ccc(CNC(=O)CC(N)=S)n1. The van der Waals surface area contributed by atoms with E-state index in [1.165, 1.54) is 0 Å². The monoisotopic (exact) mass is 212 g/mol. The van der Waals surface area contributed by atoms with Crippen molar-refractivity contribution in [3.05, 3.63) is 18.0 Å². The maximum Gasteiger partial charge on any atom is 0.227 e. The van der Waals surface area contributed by atoms with Crippen molar-refractivity contribution in [1.29, 1.82) is 0 Å². The quantitative estimate of drug-likeness (QED) is 0.673. The first-order chi connectivity index (χ1) is 6.58. The van der Waals surface area contributed by atoms with Gasteiger partial charge in [0.15, 0.2) is 0 Å². The molecule has 0 aliphatic heterocycles. The lowest BCUT2D eigenvalue weighted by atomic mass is 10.4. The number of aromatic nitrogens is 2. The number of carbonyl (C=O) groups is 1. The zero-order valence-electron chi connectivity index (χ0n) is 7.86. The van der Waals surface area contributed by atoms with Crippen LogP contribution in [0.25, 0.3) is 0 Å². The summed E-state index contributed by atoms with van der Waals surface area (Å²) in [7, 11) is 1.82. The second kappa shape index (κ2) is 4.71. The molecular weight excluding hydrogens is 200 g/mol. The fourth-order valence-corrected chi connectivity index (χ4v) is 1.10. The highest BCUT2D eigenvalue weighted by molar-refractivity contribution is 7.80. The van der Waals surface area contributed by atoms with Crippen LogP contribution in [0.2, 0.25) is 0 Å². The van der Waals surface area contributed by atoms with Crippen molar-refractivity contribution in [2.75, 3.05) is 0 Å². The first kappa shape index (κ1) is 10.6. The minimum atomic E-state index is -0.178. The first-order valence-electron chi connectivity index (χ1n) is 4.11. The molecule has 14 heavy (non-hydrogen) atoms. The highest BCUT2D eigenvalue weighted by Gasteiger charge is 2.03. The Labute approximate surface area is 87.3 Å². The zero-order chi connectivity index (χ0) is 10.6. The van der Waals surface area contributed by atoms with Gasteiger partial charge in [-0.05, 0) is 6.07 Å². The van der Waals surface area contributed by atoms with Gasteiger partial charge in [0.05, 0.1) is 23.6 Å². The summed E-state index contributed by atoms with van der Waals surface area (Å²) in [6.45, 7) is 0.405. The van der Waals surface area contributed by atoms with Crippen LogP contribution in [-0.4, -0.2) is 20.7 Å². The summed E-state index contributed by atoms with van der Waals surface area (Å²) in [5.74, 6) is -0.178. The standard InChI is InChI=1S/C8H12N4OS/c1-12-3-2-6(11-12)5-10-8(13)4-7(9)14/h2-3H,4-5H2,1H3,(H2,9,14)(H,10,13). The predicted molar refractivity (Wildman–Crippen MR) is 56.5 cm³/mol. The third-order valence-corrected chi connectivity index (χ3v) is 1.71. The van der Waals surface area contributed by atoms with Crippen molar-refractivity contribution in [3.8, 4) is 0 Å². The van der Waals surface area contributed by atoms with Crippen LogP contribution in [0.5, 0.6) is 0 Å². The molecule has 0 saturated heterocycles. The van der Waals surface area contributed by atoms with E-state index in [1.807, 2.05) is 19.3 Å². The smallest absolute Gasteiger partial charge is 0.227 e. The van der Waals surface area contributed by atoms with E-state index >= 15 is 0 Å². The maximum absolute atomic E-state index is 11.1. The molecule has 0 bridgehead atoms. The predicted octanol–water partition coefficient (Wildman–Crippen LogP) is -0.288. The second-order valence-corrected chi connectivity index (χ2v) is 3.42. The second-order valence-electron chi connectivity index (χ2n) is 2.90. The van der Waals surface area contributed by atoms with Gasteiger partial charge in [0.1, 0.15) is 0 Å². The number of rotatable bonds is 4. The Balaban J connectivity index is 2.34. The lowest BCUT2D eigenvalue weighted by Gasteiger charge is -2.01. The molecule has 1 aromatic rings. The molecule has 5 nitrogen and oxygen atoms in total. The van der Waals surface area contributed by atoms with Gasteiger partial charge < -0.3 is 11.1 Å². The molecule has 0 aliphatic rings. The van der Waals surface area contributed by atoms with Gasteiger partial charge in [0.25, 0.3) is 0 Å². The Morgan fingerprint density at radius 3 is 3.00 bits per heavy atom. The van der Waals surface area contributed by atoms with E-state index in [4.69, 9.17) is 5.73 Å². The van der Waals surface area contributed by atoms with Crippen LogP contribution in [-0.2, 0) is 18.4 Å². The number of aryl methyl sites for hydroxylation is 1. The molecule has 1 heterocycles. The Hall–Kier alpha value is -1.43. The molecule has 0 fully saturated rings. The normalized spacial score (nSPS) is 9.79. The van der Waals surface area contributed by atoms with Crippen molar-refractivity contribution in [1.82, 2.24) is 15.1 Å². The number of nitrogens with two attached hydrogens (primary N) is 1. The van der Waals surface area contributed by atoms with Crippen molar-refractivity contribution >= 4 is 23.1 Å². The molecule has 3 N–H and O–H groups in total. The minimum absolute atomic E-state index is 0.0855. The van der Waals surface area contributed by atoms with Gasteiger partial charge in [0, 0.05) is 13.2 Å². The summed E-state index contributed by atoms with van der Waals surface area (Å²) >= 11 is 4.60. The minimum Gasteiger partial charge on any atom is -0.393 e. The summed E-state index contributed by atoms with van der Waals surface area (Å²) in [6.07, 6.45) is 1.90. The largest absolute Gasteiger partial charge is 0.393 e. The van der Waals surface area contributed by atoms with E-state index in [0.717, 1.165) is 5.69 Å². The van der Waals surface area contributed by atoms with Gasteiger partial charge in [0.2, 0.25) is 5.91 Å². The number of hydrogen-bond acceptors (Lipinski definition) is 3. The molecule has 1 rings (SSSR count). The number of nitrogens with zero attached hydrogens (tertiary/aromatic N) is 2. The van der Waals surface area contributed by atoms with Crippen LogP contribution < -0.4 is 11.1 Å². The van der Waals surface area contributed by atoms with Crippen LogP contribution in [0.15, 0.2) is 12.3 Å². The van der Waals surface area contributed by atoms with E-state index < -0.39 is 0 Å². The molecule has 0 aromatic carbocycles. The molecule has 0 aliphatic carbocycles. The Kier molecular flexibility index (Phi) is 3.58. The number of carbonyl (C=O) groups excluding carboxylic acids is 1. The summed E-state index contributed by atoms with van der Waals surface area (Å²) in [4.78, 5) is 11.3. The van der Waals surface area contributed by atoms with Crippen LogP contribution >= 0.6 is 12.2 Å². The third-order valence-electron chi connectivity index (χ3n) is 1.57. The Morgan fingerprint density at radius 1 is 1.79 bits per heavy atom. The van der Waals surface area contributed by atoms with Crippen molar-refractivity contribution in [2.24, 2.45) is 12.8 Å². The van der Waals surface area contributed by atoms with Gasteiger partial charge in [-0.3, -0.25) is 9.48 Å². The van der Waals surface area contributed by atoms with Crippen molar-refractivity contribution < 1.29 is 4.79 Å². The average Bonchev–Trinajstić information content (AvgIpc) is 2.47. The van der Waals surface area contributed by atoms with E-state index in [0.29, 0.717) is 6.54 Å². The molecular formula is C8H12N4OS. The van der Waals surface area contributed by atoms with E-state index in [2.05, 4.69) is 22.6 Å². The number of nitrogens with one attached hydrogen (secondary N) is 1.